The van der Waals surface area contributed by atoms with Crippen LogP contribution in [0.3, 0.4) is 0 Å². The first kappa shape index (κ1) is 24.2. The molecule has 0 radical (unpaired) electrons. The fourth-order valence-electron chi connectivity index (χ4n) is 4.52. The van der Waals surface area contributed by atoms with Crippen LogP contribution in [-0.4, -0.2) is 56.2 Å². The number of benzene rings is 2. The molecule has 3 fully saturated rings. The lowest BCUT2D eigenvalue weighted by atomic mass is 9.98. The van der Waals surface area contributed by atoms with Crippen molar-refractivity contribution in [3.8, 4) is 0 Å². The van der Waals surface area contributed by atoms with E-state index < -0.39 is 11.7 Å². The zero-order valence-corrected chi connectivity index (χ0v) is 19.8. The highest BCUT2D eigenvalue weighted by molar-refractivity contribution is 5.98. The van der Waals surface area contributed by atoms with E-state index in [1.165, 1.54) is 6.07 Å². The van der Waals surface area contributed by atoms with E-state index >= 15 is 0 Å². The molecule has 7 nitrogen and oxygen atoms in total. The average Bonchev–Trinajstić information content (AvgIpc) is 3.58. The van der Waals surface area contributed by atoms with Crippen LogP contribution in [0.15, 0.2) is 48.0 Å². The second-order valence-electron chi connectivity index (χ2n) is 9.09. The Morgan fingerprint density at radius 3 is 2.47 bits per heavy atom. The maximum Gasteiger partial charge on any atom is 0.418 e. The second kappa shape index (κ2) is 9.85. The molecule has 190 valence electrons. The maximum atomic E-state index is 14.1. The van der Waals surface area contributed by atoms with Gasteiger partial charge in [-0.1, -0.05) is 18.7 Å². The molecule has 0 unspecified atom stereocenters. The van der Waals surface area contributed by atoms with Crippen molar-refractivity contribution in [2.75, 3.05) is 44.7 Å². The van der Waals surface area contributed by atoms with Crippen molar-refractivity contribution >= 4 is 28.9 Å². The zero-order valence-electron chi connectivity index (χ0n) is 19.8. The van der Waals surface area contributed by atoms with Crippen molar-refractivity contribution in [2.24, 2.45) is 4.99 Å². The molecule has 2 aromatic rings. The van der Waals surface area contributed by atoms with Gasteiger partial charge in [0.25, 0.3) is 5.91 Å². The number of hydrogen-bond donors (Lipinski definition) is 3. The molecule has 2 aromatic carbocycles. The normalized spacial score (nSPS) is 17.9. The summed E-state index contributed by atoms with van der Waals surface area (Å²) >= 11 is 0. The SMILES string of the molecule is C=C(N=C1NCCN1)c1ccc(Nc2cccc(C(=O)N3CCOCC3)c2C2CC2)c(C(F)(F)F)c1. The lowest BCUT2D eigenvalue weighted by Gasteiger charge is -2.28. The lowest BCUT2D eigenvalue weighted by molar-refractivity contribution is -0.136. The van der Waals surface area contributed by atoms with Crippen LogP contribution in [0.4, 0.5) is 24.5 Å². The van der Waals surface area contributed by atoms with Crippen LogP contribution < -0.4 is 16.0 Å². The second-order valence-corrected chi connectivity index (χ2v) is 9.09. The van der Waals surface area contributed by atoms with Crippen LogP contribution in [0.2, 0.25) is 0 Å². The van der Waals surface area contributed by atoms with E-state index in [1.54, 1.807) is 29.2 Å². The summed E-state index contributed by atoms with van der Waals surface area (Å²) in [6, 6.07) is 9.23. The number of alkyl halides is 3. The molecule has 5 rings (SSSR count). The van der Waals surface area contributed by atoms with Crippen molar-refractivity contribution in [3.05, 3.63) is 65.2 Å². The number of nitrogens with one attached hydrogen (secondary N) is 3. The van der Waals surface area contributed by atoms with E-state index in [9.17, 15) is 18.0 Å². The molecule has 2 saturated heterocycles. The minimum Gasteiger partial charge on any atom is -0.378 e. The molecule has 2 aliphatic heterocycles. The van der Waals surface area contributed by atoms with Gasteiger partial charge in [0.05, 0.1) is 30.2 Å². The van der Waals surface area contributed by atoms with Gasteiger partial charge in [0.15, 0.2) is 5.96 Å². The van der Waals surface area contributed by atoms with Crippen molar-refractivity contribution < 1.29 is 22.7 Å². The summed E-state index contributed by atoms with van der Waals surface area (Å²) in [7, 11) is 0. The first-order valence-corrected chi connectivity index (χ1v) is 12.0. The molecule has 2 heterocycles. The van der Waals surface area contributed by atoms with Gasteiger partial charge in [0.2, 0.25) is 0 Å². The van der Waals surface area contributed by atoms with Crippen molar-refractivity contribution in [2.45, 2.75) is 24.9 Å². The van der Waals surface area contributed by atoms with E-state index in [0.29, 0.717) is 56.6 Å². The van der Waals surface area contributed by atoms with Crippen LogP contribution in [0.1, 0.15) is 45.8 Å². The fraction of sp³-hybridized carbons (Fsp3) is 0.385. The first-order chi connectivity index (χ1) is 17.3. The molecule has 1 saturated carbocycles. The number of nitrogens with zero attached hydrogens (tertiary/aromatic N) is 2. The first-order valence-electron chi connectivity index (χ1n) is 12.0. The molecule has 3 N–H and O–H groups in total. The van der Waals surface area contributed by atoms with Crippen LogP contribution in [0.5, 0.6) is 0 Å². The number of ether oxygens (including phenoxy) is 1. The summed E-state index contributed by atoms with van der Waals surface area (Å²) in [6.45, 7) is 7.18. The predicted octanol–water partition coefficient (Wildman–Crippen LogP) is 4.32. The number of halogens is 3. The Balaban J connectivity index is 1.48. The quantitative estimate of drug-likeness (QED) is 0.552. The van der Waals surface area contributed by atoms with E-state index in [0.717, 1.165) is 24.5 Å². The Morgan fingerprint density at radius 2 is 1.81 bits per heavy atom. The number of morpholine rings is 1. The maximum absolute atomic E-state index is 14.1. The molecule has 36 heavy (non-hydrogen) atoms. The smallest absolute Gasteiger partial charge is 0.378 e. The summed E-state index contributed by atoms with van der Waals surface area (Å²) in [5.74, 6) is 0.524. The van der Waals surface area contributed by atoms with Gasteiger partial charge in [-0.25, -0.2) is 4.99 Å². The number of anilines is 2. The number of guanidine groups is 1. The number of rotatable bonds is 6. The Labute approximate surface area is 207 Å². The number of aliphatic imine (C=N–C) groups is 1. The number of carbonyl (C=O) groups is 1. The molecule has 0 aromatic heterocycles. The lowest BCUT2D eigenvalue weighted by Crippen LogP contribution is -2.41. The third-order valence-electron chi connectivity index (χ3n) is 6.50. The molecule has 1 amide bonds. The topological polar surface area (TPSA) is 78.0 Å². The molecule has 3 aliphatic rings. The predicted molar refractivity (Wildman–Crippen MR) is 132 cm³/mol. The Hall–Kier alpha value is -3.53. The fourth-order valence-corrected chi connectivity index (χ4v) is 4.52. The Bertz CT molecular complexity index is 1190. The minimum absolute atomic E-state index is 0.0818. The summed E-state index contributed by atoms with van der Waals surface area (Å²) in [5.41, 5.74) is 1.43. The van der Waals surface area contributed by atoms with Crippen LogP contribution >= 0.6 is 0 Å². The Morgan fingerprint density at radius 1 is 1.08 bits per heavy atom. The van der Waals surface area contributed by atoms with Gasteiger partial charge < -0.3 is 25.6 Å². The van der Waals surface area contributed by atoms with Gasteiger partial charge in [0, 0.05) is 43.0 Å². The van der Waals surface area contributed by atoms with E-state index in [1.807, 2.05) is 0 Å². The summed E-state index contributed by atoms with van der Waals surface area (Å²) < 4.78 is 47.7. The Kier molecular flexibility index (Phi) is 6.61. The highest BCUT2D eigenvalue weighted by Crippen LogP contribution is 2.47. The van der Waals surface area contributed by atoms with Gasteiger partial charge in [-0.2, -0.15) is 13.2 Å². The highest BCUT2D eigenvalue weighted by Gasteiger charge is 2.36. The number of carbonyl (C=O) groups excluding carboxylic acids is 1. The monoisotopic (exact) mass is 499 g/mol. The van der Waals surface area contributed by atoms with Gasteiger partial charge in [-0.15, -0.1) is 0 Å². The van der Waals surface area contributed by atoms with E-state index in [4.69, 9.17) is 4.74 Å². The number of amides is 1. The molecular weight excluding hydrogens is 471 g/mol. The average molecular weight is 500 g/mol. The van der Waals surface area contributed by atoms with Gasteiger partial charge in [-0.05, 0) is 48.6 Å². The third-order valence-corrected chi connectivity index (χ3v) is 6.50. The number of hydrogen-bond acceptors (Lipinski definition) is 4. The van der Waals surface area contributed by atoms with Gasteiger partial charge >= 0.3 is 6.18 Å². The summed E-state index contributed by atoms with van der Waals surface area (Å²) in [5, 5.41) is 9.03. The standard InChI is InChI=1S/C26H28F3N5O2/c1-16(32-25-30-9-10-31-25)18-7-8-21(20(15-18)26(27,28)29)33-22-4-2-3-19(23(22)17-5-6-17)24(35)34-11-13-36-14-12-34/h2-4,7-8,15,17,33H,1,5-6,9-14H2,(H2,30,31,32). The third kappa shape index (κ3) is 5.18. The van der Waals surface area contributed by atoms with Crippen molar-refractivity contribution in [3.63, 3.8) is 0 Å². The highest BCUT2D eigenvalue weighted by atomic mass is 19.4. The summed E-state index contributed by atoms with van der Waals surface area (Å²) in [4.78, 5) is 19.3. The van der Waals surface area contributed by atoms with Crippen LogP contribution in [0.25, 0.3) is 5.70 Å². The van der Waals surface area contributed by atoms with E-state index in [2.05, 4.69) is 27.5 Å². The molecule has 0 spiro atoms. The molecule has 0 atom stereocenters. The van der Waals surface area contributed by atoms with Crippen LogP contribution in [0, 0.1) is 0 Å². The molecule has 1 aliphatic carbocycles. The van der Waals surface area contributed by atoms with Gasteiger partial charge in [-0.3, -0.25) is 4.79 Å². The minimum atomic E-state index is -4.60. The molecule has 10 heteroatoms. The van der Waals surface area contributed by atoms with Crippen LogP contribution in [-0.2, 0) is 10.9 Å². The molecular formula is C26H28F3N5O2. The van der Waals surface area contributed by atoms with Crippen molar-refractivity contribution in [1.82, 2.24) is 15.5 Å². The zero-order chi connectivity index (χ0) is 25.3. The van der Waals surface area contributed by atoms with E-state index in [-0.39, 0.29) is 28.8 Å². The molecule has 0 bridgehead atoms. The largest absolute Gasteiger partial charge is 0.418 e. The summed E-state index contributed by atoms with van der Waals surface area (Å²) in [6.07, 6.45) is -2.80. The van der Waals surface area contributed by atoms with Gasteiger partial charge in [0.1, 0.15) is 0 Å². The van der Waals surface area contributed by atoms with Crippen molar-refractivity contribution in [1.29, 1.82) is 0 Å².